The number of hydrogen-bond donors (Lipinski definition) is 0. The van der Waals surface area contributed by atoms with Crippen molar-refractivity contribution in [2.75, 3.05) is 0 Å². The van der Waals surface area contributed by atoms with Gasteiger partial charge in [-0.3, -0.25) is 9.78 Å². The molecule has 2 aromatic heterocycles. The van der Waals surface area contributed by atoms with E-state index in [-0.39, 0.29) is 11.7 Å². The van der Waals surface area contributed by atoms with Gasteiger partial charge in [-0.15, -0.1) is 11.3 Å². The molecule has 0 aliphatic carbocycles. The second-order valence-corrected chi connectivity index (χ2v) is 5.93. The third-order valence-corrected chi connectivity index (χ3v) is 4.05. The highest BCUT2D eigenvalue weighted by Crippen LogP contribution is 2.27. The largest absolute Gasteiger partial charge is 0.293 e. The topological polar surface area (TPSA) is 30.0 Å². The molecule has 4 heteroatoms. The molecular formula is C12H10BrNOS. The molecule has 2 rings (SSSR count). The SMILES string of the molecule is CC(C(=O)c1ccc(Br)s1)c1ccncc1. The zero-order valence-corrected chi connectivity index (χ0v) is 11.1. The second kappa shape index (κ2) is 4.89. The number of pyridine rings is 1. The first-order valence-electron chi connectivity index (χ1n) is 4.88. The summed E-state index contributed by atoms with van der Waals surface area (Å²) in [6.45, 7) is 1.92. The molecule has 0 amide bonds. The van der Waals surface area contributed by atoms with Crippen molar-refractivity contribution >= 4 is 33.0 Å². The number of carbonyl (C=O) groups is 1. The number of nitrogens with zero attached hydrogens (tertiary/aromatic N) is 1. The summed E-state index contributed by atoms with van der Waals surface area (Å²) in [5.74, 6) is 0.0375. The summed E-state index contributed by atoms with van der Waals surface area (Å²) >= 11 is 4.83. The summed E-state index contributed by atoms with van der Waals surface area (Å²) in [6, 6.07) is 7.52. The molecule has 0 saturated carbocycles. The standard InChI is InChI=1S/C12H10BrNOS/c1-8(9-4-6-14-7-5-9)12(15)10-2-3-11(13)16-10/h2-8H,1H3. The quantitative estimate of drug-likeness (QED) is 0.804. The Balaban J connectivity index is 2.23. The molecule has 2 aromatic rings. The van der Waals surface area contributed by atoms with Crippen LogP contribution < -0.4 is 0 Å². The number of rotatable bonds is 3. The molecule has 0 aliphatic rings. The van der Waals surface area contributed by atoms with Crippen LogP contribution in [0.15, 0.2) is 40.4 Å². The van der Waals surface area contributed by atoms with E-state index in [0.29, 0.717) is 0 Å². The highest BCUT2D eigenvalue weighted by molar-refractivity contribution is 9.11. The fourth-order valence-electron chi connectivity index (χ4n) is 1.46. The van der Waals surface area contributed by atoms with Crippen LogP contribution in [0.1, 0.15) is 28.1 Å². The lowest BCUT2D eigenvalue weighted by Gasteiger charge is -2.08. The van der Waals surface area contributed by atoms with Crippen LogP contribution in [-0.2, 0) is 0 Å². The Morgan fingerprint density at radius 2 is 2.00 bits per heavy atom. The summed E-state index contributed by atoms with van der Waals surface area (Å²) < 4.78 is 0.984. The van der Waals surface area contributed by atoms with E-state index in [9.17, 15) is 4.79 Å². The molecule has 0 aromatic carbocycles. The molecule has 0 saturated heterocycles. The fraction of sp³-hybridized carbons (Fsp3) is 0.167. The molecule has 2 heterocycles. The monoisotopic (exact) mass is 295 g/mol. The smallest absolute Gasteiger partial charge is 0.179 e. The third kappa shape index (κ3) is 2.39. The first-order chi connectivity index (χ1) is 7.68. The maximum absolute atomic E-state index is 12.1. The molecule has 0 radical (unpaired) electrons. The van der Waals surface area contributed by atoms with Crippen LogP contribution in [-0.4, -0.2) is 10.8 Å². The van der Waals surface area contributed by atoms with Gasteiger partial charge in [-0.2, -0.15) is 0 Å². The van der Waals surface area contributed by atoms with Crippen LogP contribution >= 0.6 is 27.3 Å². The number of halogens is 1. The average Bonchev–Trinajstić information content (AvgIpc) is 2.75. The van der Waals surface area contributed by atoms with Crippen molar-refractivity contribution in [3.05, 3.63) is 50.9 Å². The molecular weight excluding hydrogens is 286 g/mol. The van der Waals surface area contributed by atoms with E-state index in [0.717, 1.165) is 14.2 Å². The van der Waals surface area contributed by atoms with Gasteiger partial charge in [-0.05, 0) is 45.8 Å². The summed E-state index contributed by atoms with van der Waals surface area (Å²) in [5.41, 5.74) is 1.00. The number of aromatic nitrogens is 1. The van der Waals surface area contributed by atoms with Crippen LogP contribution in [0.2, 0.25) is 0 Å². The van der Waals surface area contributed by atoms with Crippen molar-refractivity contribution in [3.63, 3.8) is 0 Å². The Hall–Kier alpha value is -1.00. The van der Waals surface area contributed by atoms with Crippen LogP contribution in [0.4, 0.5) is 0 Å². The van der Waals surface area contributed by atoms with E-state index in [1.54, 1.807) is 12.4 Å². The highest BCUT2D eigenvalue weighted by Gasteiger charge is 2.18. The van der Waals surface area contributed by atoms with Crippen molar-refractivity contribution < 1.29 is 4.79 Å². The fourth-order valence-corrected chi connectivity index (χ4v) is 2.88. The molecule has 0 aliphatic heterocycles. The molecule has 0 bridgehead atoms. The normalized spacial score (nSPS) is 12.4. The van der Waals surface area contributed by atoms with E-state index in [1.807, 2.05) is 31.2 Å². The van der Waals surface area contributed by atoms with Gasteiger partial charge in [0.15, 0.2) is 5.78 Å². The minimum atomic E-state index is -0.117. The van der Waals surface area contributed by atoms with Crippen LogP contribution in [0.5, 0.6) is 0 Å². The number of Topliss-reactive ketones (excluding diaryl/α,β-unsaturated/α-hetero) is 1. The van der Waals surface area contributed by atoms with Crippen molar-refractivity contribution in [1.29, 1.82) is 0 Å². The molecule has 0 fully saturated rings. The van der Waals surface area contributed by atoms with Gasteiger partial charge in [0.2, 0.25) is 0 Å². The highest BCUT2D eigenvalue weighted by atomic mass is 79.9. The minimum absolute atomic E-state index is 0.117. The molecule has 1 unspecified atom stereocenters. The Labute approximate surface area is 106 Å². The Morgan fingerprint density at radius 1 is 1.31 bits per heavy atom. The summed E-state index contributed by atoms with van der Waals surface area (Å²) in [4.78, 5) is 16.9. The van der Waals surface area contributed by atoms with Gasteiger partial charge in [0, 0.05) is 18.3 Å². The lowest BCUT2D eigenvalue weighted by molar-refractivity contribution is 0.0970. The molecule has 2 nitrogen and oxygen atoms in total. The summed E-state index contributed by atoms with van der Waals surface area (Å²) in [5, 5.41) is 0. The van der Waals surface area contributed by atoms with E-state index >= 15 is 0 Å². The molecule has 0 spiro atoms. The molecule has 0 N–H and O–H groups in total. The van der Waals surface area contributed by atoms with E-state index < -0.39 is 0 Å². The van der Waals surface area contributed by atoms with Crippen LogP contribution in [0.25, 0.3) is 0 Å². The van der Waals surface area contributed by atoms with Crippen molar-refractivity contribution in [1.82, 2.24) is 4.98 Å². The van der Waals surface area contributed by atoms with Gasteiger partial charge in [0.05, 0.1) is 8.66 Å². The molecule has 16 heavy (non-hydrogen) atoms. The number of thiophene rings is 1. The van der Waals surface area contributed by atoms with Gasteiger partial charge in [-0.25, -0.2) is 0 Å². The number of ketones is 1. The van der Waals surface area contributed by atoms with Gasteiger partial charge >= 0.3 is 0 Å². The zero-order chi connectivity index (χ0) is 11.5. The van der Waals surface area contributed by atoms with E-state index in [4.69, 9.17) is 0 Å². The average molecular weight is 296 g/mol. The second-order valence-electron chi connectivity index (χ2n) is 3.47. The maximum atomic E-state index is 12.1. The van der Waals surface area contributed by atoms with Crippen LogP contribution in [0, 0.1) is 0 Å². The Bertz CT molecular complexity index is 495. The zero-order valence-electron chi connectivity index (χ0n) is 8.68. The van der Waals surface area contributed by atoms with E-state index in [1.165, 1.54) is 11.3 Å². The van der Waals surface area contributed by atoms with Gasteiger partial charge < -0.3 is 0 Å². The third-order valence-electron chi connectivity index (χ3n) is 2.42. The van der Waals surface area contributed by atoms with Crippen molar-refractivity contribution in [2.24, 2.45) is 0 Å². The predicted molar refractivity (Wildman–Crippen MR) is 69.0 cm³/mol. The molecule has 82 valence electrons. The summed E-state index contributed by atoms with van der Waals surface area (Å²) in [6.07, 6.45) is 3.42. The van der Waals surface area contributed by atoms with Crippen molar-refractivity contribution in [3.8, 4) is 0 Å². The maximum Gasteiger partial charge on any atom is 0.179 e. The first-order valence-corrected chi connectivity index (χ1v) is 6.49. The van der Waals surface area contributed by atoms with Crippen LogP contribution in [0.3, 0.4) is 0 Å². The predicted octanol–water partition coefficient (Wildman–Crippen LogP) is 3.89. The molecule has 1 atom stereocenters. The number of hydrogen-bond acceptors (Lipinski definition) is 3. The lowest BCUT2D eigenvalue weighted by atomic mass is 9.97. The number of carbonyl (C=O) groups excluding carboxylic acids is 1. The van der Waals surface area contributed by atoms with Gasteiger partial charge in [0.25, 0.3) is 0 Å². The van der Waals surface area contributed by atoms with Gasteiger partial charge in [-0.1, -0.05) is 6.92 Å². The Morgan fingerprint density at radius 3 is 2.56 bits per heavy atom. The van der Waals surface area contributed by atoms with Gasteiger partial charge in [0.1, 0.15) is 0 Å². The first kappa shape index (κ1) is 11.5. The summed E-state index contributed by atoms with van der Waals surface area (Å²) in [7, 11) is 0. The minimum Gasteiger partial charge on any atom is -0.293 e. The van der Waals surface area contributed by atoms with E-state index in [2.05, 4.69) is 20.9 Å². The Kier molecular flexibility index (Phi) is 3.51. The lowest BCUT2D eigenvalue weighted by Crippen LogP contribution is -2.07. The van der Waals surface area contributed by atoms with Crippen molar-refractivity contribution in [2.45, 2.75) is 12.8 Å².